The van der Waals surface area contributed by atoms with Gasteiger partial charge in [-0.3, -0.25) is 4.79 Å². The number of anilines is 2. The smallest absolute Gasteiger partial charge is 0.267 e. The minimum Gasteiger partial charge on any atom is -0.396 e. The van der Waals surface area contributed by atoms with Crippen molar-refractivity contribution in [2.24, 2.45) is 5.73 Å². The highest BCUT2D eigenvalue weighted by Crippen LogP contribution is 2.25. The van der Waals surface area contributed by atoms with E-state index in [4.69, 9.17) is 11.5 Å². The number of hydrogen-bond donors (Lipinski definition) is 2. The molecule has 0 aromatic carbocycles. The molecule has 0 unspecified atom stereocenters. The number of nitrogens with two attached hydrogens (primary N) is 2. The van der Waals surface area contributed by atoms with Crippen molar-refractivity contribution in [3.8, 4) is 0 Å². The second-order valence-corrected chi connectivity index (χ2v) is 5.12. The first-order chi connectivity index (χ1) is 8.99. The minimum absolute atomic E-state index is 0.254. The number of nitrogens with zero attached hydrogens (tertiary/aromatic N) is 3. The predicted octanol–water partition coefficient (Wildman–Crippen LogP) is 0.293. The van der Waals surface area contributed by atoms with Crippen LogP contribution in [-0.4, -0.2) is 49.0 Å². The SMILES string of the molecule is CN1CCC(N(C)c2nc(C(N)=O)ccc2N)CC1. The van der Waals surface area contributed by atoms with Crippen LogP contribution in [-0.2, 0) is 0 Å². The molecule has 6 heteroatoms. The molecule has 0 bridgehead atoms. The fraction of sp³-hybridized carbons (Fsp3) is 0.538. The van der Waals surface area contributed by atoms with Gasteiger partial charge >= 0.3 is 0 Å². The average Bonchev–Trinajstić information content (AvgIpc) is 2.39. The van der Waals surface area contributed by atoms with Crippen LogP contribution in [0.3, 0.4) is 0 Å². The number of carbonyl (C=O) groups is 1. The number of likely N-dealkylation sites (tertiary alicyclic amines) is 1. The van der Waals surface area contributed by atoms with Gasteiger partial charge in [0.1, 0.15) is 5.69 Å². The molecule has 0 atom stereocenters. The van der Waals surface area contributed by atoms with E-state index in [2.05, 4.69) is 21.8 Å². The normalized spacial score (nSPS) is 17.4. The zero-order valence-corrected chi connectivity index (χ0v) is 11.5. The van der Waals surface area contributed by atoms with E-state index in [1.54, 1.807) is 12.1 Å². The summed E-state index contributed by atoms with van der Waals surface area (Å²) in [4.78, 5) is 19.8. The topological polar surface area (TPSA) is 88.5 Å². The second-order valence-electron chi connectivity index (χ2n) is 5.12. The molecular weight excluding hydrogens is 242 g/mol. The summed E-state index contributed by atoms with van der Waals surface area (Å²) in [5, 5.41) is 0. The molecular formula is C13H21N5O. The molecule has 1 aromatic rings. The molecule has 2 rings (SSSR count). The third-order valence-electron chi connectivity index (χ3n) is 3.73. The summed E-state index contributed by atoms with van der Waals surface area (Å²) in [5.41, 5.74) is 12.0. The van der Waals surface area contributed by atoms with Crippen LogP contribution in [0.25, 0.3) is 0 Å². The first-order valence-electron chi connectivity index (χ1n) is 6.46. The third kappa shape index (κ3) is 2.96. The standard InChI is InChI=1S/C13H21N5O/c1-17-7-5-9(6-8-17)18(2)13-10(14)3-4-11(16-13)12(15)19/h3-4,9H,5-8,14H2,1-2H3,(H2,15,19). The van der Waals surface area contributed by atoms with Crippen molar-refractivity contribution in [3.63, 3.8) is 0 Å². The van der Waals surface area contributed by atoms with Crippen molar-refractivity contribution in [1.29, 1.82) is 0 Å². The number of piperidine rings is 1. The van der Waals surface area contributed by atoms with Crippen molar-refractivity contribution >= 4 is 17.4 Å². The lowest BCUT2D eigenvalue weighted by molar-refractivity contribution is 0.0995. The van der Waals surface area contributed by atoms with Crippen molar-refractivity contribution < 1.29 is 4.79 Å². The third-order valence-corrected chi connectivity index (χ3v) is 3.73. The van der Waals surface area contributed by atoms with Crippen LogP contribution in [0.2, 0.25) is 0 Å². The largest absolute Gasteiger partial charge is 0.396 e. The lowest BCUT2D eigenvalue weighted by Crippen LogP contribution is -2.42. The maximum Gasteiger partial charge on any atom is 0.267 e. The highest BCUT2D eigenvalue weighted by molar-refractivity contribution is 5.91. The van der Waals surface area contributed by atoms with Crippen LogP contribution >= 0.6 is 0 Å². The molecule has 1 aliphatic rings. The Morgan fingerprint density at radius 3 is 2.63 bits per heavy atom. The molecule has 1 amide bonds. The Balaban J connectivity index is 2.20. The first kappa shape index (κ1) is 13.6. The monoisotopic (exact) mass is 263 g/mol. The molecule has 1 saturated heterocycles. The van der Waals surface area contributed by atoms with E-state index in [1.165, 1.54) is 0 Å². The molecule has 0 aliphatic carbocycles. The Kier molecular flexibility index (Phi) is 3.90. The molecule has 104 valence electrons. The molecule has 19 heavy (non-hydrogen) atoms. The van der Waals surface area contributed by atoms with E-state index < -0.39 is 5.91 Å². The maximum absolute atomic E-state index is 11.2. The summed E-state index contributed by atoms with van der Waals surface area (Å²) in [7, 11) is 4.09. The number of hydrogen-bond acceptors (Lipinski definition) is 5. The van der Waals surface area contributed by atoms with Gasteiger partial charge < -0.3 is 21.3 Å². The summed E-state index contributed by atoms with van der Waals surface area (Å²) in [6.45, 7) is 2.12. The van der Waals surface area contributed by atoms with Gasteiger partial charge in [0.05, 0.1) is 5.69 Å². The predicted molar refractivity (Wildman–Crippen MR) is 76.1 cm³/mol. The molecule has 1 aliphatic heterocycles. The maximum atomic E-state index is 11.2. The van der Waals surface area contributed by atoms with Crippen molar-refractivity contribution in [2.45, 2.75) is 18.9 Å². The number of aromatic nitrogens is 1. The van der Waals surface area contributed by atoms with Crippen molar-refractivity contribution in [3.05, 3.63) is 17.8 Å². The van der Waals surface area contributed by atoms with Gasteiger partial charge in [-0.2, -0.15) is 0 Å². The van der Waals surface area contributed by atoms with Gasteiger partial charge in [0.25, 0.3) is 5.91 Å². The first-order valence-corrected chi connectivity index (χ1v) is 6.46. The highest BCUT2D eigenvalue weighted by atomic mass is 16.1. The molecule has 1 fully saturated rings. The molecule has 4 N–H and O–H groups in total. The van der Waals surface area contributed by atoms with Crippen molar-refractivity contribution in [2.75, 3.05) is 37.8 Å². The van der Waals surface area contributed by atoms with Crippen LogP contribution in [0.15, 0.2) is 12.1 Å². The molecule has 1 aromatic heterocycles. The Morgan fingerprint density at radius 2 is 2.05 bits per heavy atom. The molecule has 0 radical (unpaired) electrons. The van der Waals surface area contributed by atoms with Crippen LogP contribution in [0.5, 0.6) is 0 Å². The Bertz CT molecular complexity index is 468. The zero-order valence-electron chi connectivity index (χ0n) is 11.5. The summed E-state index contributed by atoms with van der Waals surface area (Å²) in [6, 6.07) is 3.64. The van der Waals surface area contributed by atoms with E-state index in [0.29, 0.717) is 17.5 Å². The van der Waals surface area contributed by atoms with E-state index in [0.717, 1.165) is 25.9 Å². The summed E-state index contributed by atoms with van der Waals surface area (Å²) in [5.74, 6) is 0.115. The minimum atomic E-state index is -0.530. The van der Waals surface area contributed by atoms with E-state index in [9.17, 15) is 4.79 Å². The quantitative estimate of drug-likeness (QED) is 0.818. The lowest BCUT2D eigenvalue weighted by atomic mass is 10.0. The molecule has 2 heterocycles. The fourth-order valence-corrected chi connectivity index (χ4v) is 2.43. The molecule has 6 nitrogen and oxygen atoms in total. The van der Waals surface area contributed by atoms with Gasteiger partial charge in [-0.1, -0.05) is 0 Å². The Labute approximate surface area is 113 Å². The van der Waals surface area contributed by atoms with Crippen LogP contribution in [0, 0.1) is 0 Å². The number of nitrogen functional groups attached to an aromatic ring is 1. The van der Waals surface area contributed by atoms with Gasteiger partial charge in [-0.25, -0.2) is 4.98 Å². The molecule has 0 spiro atoms. The highest BCUT2D eigenvalue weighted by Gasteiger charge is 2.23. The van der Waals surface area contributed by atoms with Crippen molar-refractivity contribution in [1.82, 2.24) is 9.88 Å². The second kappa shape index (κ2) is 5.44. The summed E-state index contributed by atoms with van der Waals surface area (Å²) in [6.07, 6.45) is 2.13. The van der Waals surface area contributed by atoms with Crippen LogP contribution in [0.1, 0.15) is 23.3 Å². The summed E-state index contributed by atoms with van der Waals surface area (Å²) < 4.78 is 0. The average molecular weight is 263 g/mol. The van der Waals surface area contributed by atoms with Gasteiger partial charge in [0.15, 0.2) is 5.82 Å². The zero-order chi connectivity index (χ0) is 14.0. The number of amides is 1. The number of carbonyl (C=O) groups excluding carboxylic acids is 1. The van der Waals surface area contributed by atoms with E-state index in [1.807, 2.05) is 7.05 Å². The Hall–Kier alpha value is -1.82. The van der Waals surface area contributed by atoms with E-state index >= 15 is 0 Å². The summed E-state index contributed by atoms with van der Waals surface area (Å²) >= 11 is 0. The van der Waals surface area contributed by atoms with Gasteiger partial charge in [-0.05, 0) is 45.1 Å². The number of primary amides is 1. The lowest BCUT2D eigenvalue weighted by Gasteiger charge is -2.36. The number of pyridine rings is 1. The fourth-order valence-electron chi connectivity index (χ4n) is 2.43. The van der Waals surface area contributed by atoms with Gasteiger partial charge in [0.2, 0.25) is 0 Å². The number of rotatable bonds is 3. The van der Waals surface area contributed by atoms with Gasteiger partial charge in [0, 0.05) is 13.1 Å². The Morgan fingerprint density at radius 1 is 1.42 bits per heavy atom. The molecule has 0 saturated carbocycles. The van der Waals surface area contributed by atoms with Gasteiger partial charge in [-0.15, -0.1) is 0 Å². The van der Waals surface area contributed by atoms with Crippen LogP contribution in [0.4, 0.5) is 11.5 Å². The van der Waals surface area contributed by atoms with E-state index in [-0.39, 0.29) is 5.69 Å². The van der Waals surface area contributed by atoms with Crippen LogP contribution < -0.4 is 16.4 Å².